The van der Waals surface area contributed by atoms with Gasteiger partial charge in [-0.2, -0.15) is 5.10 Å². The smallest absolute Gasteiger partial charge is 0.332 e. The van der Waals surface area contributed by atoms with E-state index in [0.717, 1.165) is 4.88 Å². The van der Waals surface area contributed by atoms with Crippen LogP contribution in [0, 0.1) is 0 Å². The maximum Gasteiger partial charge on any atom is 0.332 e. The van der Waals surface area contributed by atoms with Crippen LogP contribution in [-0.2, 0) is 0 Å². The summed E-state index contributed by atoms with van der Waals surface area (Å²) in [6, 6.07) is 1.05. The quantitative estimate of drug-likeness (QED) is 0.554. The van der Waals surface area contributed by atoms with E-state index in [2.05, 4.69) is 10.5 Å². The Labute approximate surface area is 78.0 Å². The molecule has 0 radical (unpaired) electrons. The number of carbonyl (C=O) groups excluding carboxylic acids is 1. The van der Waals surface area contributed by atoms with E-state index in [1.807, 2.05) is 5.38 Å². The van der Waals surface area contributed by atoms with Crippen LogP contribution < -0.4 is 11.2 Å². The molecule has 0 atom stereocenters. The second-order valence-corrected chi connectivity index (χ2v) is 3.22. The van der Waals surface area contributed by atoms with E-state index < -0.39 is 6.03 Å². The Kier molecular flexibility index (Phi) is 3.07. The van der Waals surface area contributed by atoms with Crippen molar-refractivity contribution in [1.82, 2.24) is 5.43 Å². The van der Waals surface area contributed by atoms with Crippen molar-refractivity contribution in [2.75, 3.05) is 0 Å². The van der Waals surface area contributed by atoms with Gasteiger partial charge in [0.2, 0.25) is 0 Å². The summed E-state index contributed by atoms with van der Waals surface area (Å²) in [5.74, 6) is 0. The highest BCUT2D eigenvalue weighted by molar-refractivity contribution is 7.12. The van der Waals surface area contributed by atoms with Crippen molar-refractivity contribution in [3.05, 3.63) is 21.3 Å². The van der Waals surface area contributed by atoms with E-state index in [-0.39, 0.29) is 0 Å². The van der Waals surface area contributed by atoms with Crippen LogP contribution in [0.4, 0.5) is 4.79 Å². The number of hydrazone groups is 1. The van der Waals surface area contributed by atoms with E-state index >= 15 is 0 Å². The number of halogens is 1. The number of hydrogen-bond acceptors (Lipinski definition) is 3. The fourth-order valence-electron chi connectivity index (χ4n) is 0.552. The van der Waals surface area contributed by atoms with Crippen molar-refractivity contribution in [1.29, 1.82) is 0 Å². The largest absolute Gasteiger partial charge is 0.350 e. The molecule has 6 heteroatoms. The van der Waals surface area contributed by atoms with Crippen LogP contribution in [0.15, 0.2) is 16.5 Å². The highest BCUT2D eigenvalue weighted by Gasteiger charge is 1.96. The number of primary amides is 1. The number of urea groups is 1. The van der Waals surface area contributed by atoms with Crippen molar-refractivity contribution in [2.45, 2.75) is 0 Å². The molecule has 3 N–H and O–H groups in total. The highest BCUT2D eigenvalue weighted by atomic mass is 35.5. The summed E-state index contributed by atoms with van der Waals surface area (Å²) < 4.78 is 0. The molecular formula is C6H6ClN3OS. The molecule has 0 spiro atoms. The van der Waals surface area contributed by atoms with E-state index in [4.69, 9.17) is 17.3 Å². The maximum atomic E-state index is 10.2. The molecule has 0 aromatic carbocycles. The van der Waals surface area contributed by atoms with Gasteiger partial charge in [-0.3, -0.25) is 0 Å². The van der Waals surface area contributed by atoms with Crippen LogP contribution in [-0.4, -0.2) is 12.2 Å². The monoisotopic (exact) mass is 203 g/mol. The number of thiophene rings is 1. The summed E-state index contributed by atoms with van der Waals surface area (Å²) in [4.78, 5) is 11.0. The predicted octanol–water partition coefficient (Wildman–Crippen LogP) is 1.40. The Morgan fingerprint density at radius 1 is 1.83 bits per heavy atom. The van der Waals surface area contributed by atoms with E-state index in [1.165, 1.54) is 17.6 Å². The number of nitrogens with zero attached hydrogens (tertiary/aromatic N) is 1. The van der Waals surface area contributed by atoms with Crippen LogP contribution >= 0.6 is 22.9 Å². The molecule has 1 aromatic rings. The minimum atomic E-state index is -0.695. The fraction of sp³-hybridized carbons (Fsp3) is 0. The highest BCUT2D eigenvalue weighted by Crippen LogP contribution is 2.19. The van der Waals surface area contributed by atoms with Crippen LogP contribution in [0.2, 0.25) is 5.02 Å². The van der Waals surface area contributed by atoms with E-state index in [1.54, 1.807) is 6.07 Å². The van der Waals surface area contributed by atoms with Gasteiger partial charge in [0.05, 0.1) is 16.1 Å². The molecule has 0 unspecified atom stereocenters. The summed E-state index contributed by atoms with van der Waals surface area (Å²) in [6.45, 7) is 0. The van der Waals surface area contributed by atoms with Crippen molar-refractivity contribution < 1.29 is 4.79 Å². The third-order valence-electron chi connectivity index (χ3n) is 1.00. The van der Waals surface area contributed by atoms with Crippen molar-refractivity contribution >= 4 is 35.2 Å². The standard InChI is InChI=1S/C6H6ClN3OS/c7-4-1-2-12-5(4)3-9-10-6(8)11/h1-3H,(H3,8,10,11)/b9-3+. The topological polar surface area (TPSA) is 67.5 Å². The number of carbonyl (C=O) groups is 1. The lowest BCUT2D eigenvalue weighted by atomic mass is 10.5. The Morgan fingerprint density at radius 2 is 2.58 bits per heavy atom. The molecule has 0 saturated heterocycles. The number of amides is 2. The zero-order valence-electron chi connectivity index (χ0n) is 5.95. The zero-order valence-corrected chi connectivity index (χ0v) is 7.52. The molecule has 1 aromatic heterocycles. The maximum absolute atomic E-state index is 10.2. The first kappa shape index (κ1) is 9.02. The molecule has 4 nitrogen and oxygen atoms in total. The SMILES string of the molecule is NC(=O)N/N=C/c1sccc1Cl. The molecule has 64 valence electrons. The number of hydrogen-bond donors (Lipinski definition) is 2. The summed E-state index contributed by atoms with van der Waals surface area (Å²) >= 11 is 7.16. The fourth-order valence-corrected chi connectivity index (χ4v) is 1.52. The predicted molar refractivity (Wildman–Crippen MR) is 49.6 cm³/mol. The van der Waals surface area contributed by atoms with Crippen LogP contribution in [0.1, 0.15) is 4.88 Å². The minimum Gasteiger partial charge on any atom is -0.350 e. The molecule has 1 rings (SSSR count). The van der Waals surface area contributed by atoms with Gasteiger partial charge in [0.15, 0.2) is 0 Å². The van der Waals surface area contributed by atoms with Crippen LogP contribution in [0.25, 0.3) is 0 Å². The van der Waals surface area contributed by atoms with Gasteiger partial charge in [-0.25, -0.2) is 10.2 Å². The molecule has 0 fully saturated rings. The zero-order chi connectivity index (χ0) is 8.97. The Bertz CT molecular complexity index is 309. The van der Waals surface area contributed by atoms with E-state index in [0.29, 0.717) is 5.02 Å². The first-order valence-electron chi connectivity index (χ1n) is 3.01. The van der Waals surface area contributed by atoms with Gasteiger partial charge in [-0.1, -0.05) is 11.6 Å². The second-order valence-electron chi connectivity index (χ2n) is 1.87. The molecule has 0 aliphatic carbocycles. The first-order valence-corrected chi connectivity index (χ1v) is 4.27. The number of rotatable bonds is 2. The van der Waals surface area contributed by atoms with Crippen LogP contribution in [0.3, 0.4) is 0 Å². The van der Waals surface area contributed by atoms with Gasteiger partial charge in [0.1, 0.15) is 0 Å². The Balaban J connectivity index is 2.57. The lowest BCUT2D eigenvalue weighted by Gasteiger charge is -1.89. The Hall–Kier alpha value is -1.07. The molecule has 12 heavy (non-hydrogen) atoms. The molecule has 0 aliphatic heterocycles. The average Bonchev–Trinajstić information content (AvgIpc) is 2.36. The second kappa shape index (κ2) is 4.08. The molecule has 2 amide bonds. The first-order chi connectivity index (χ1) is 5.70. The van der Waals surface area contributed by atoms with Gasteiger partial charge in [-0.15, -0.1) is 11.3 Å². The van der Waals surface area contributed by atoms with Crippen molar-refractivity contribution in [3.63, 3.8) is 0 Å². The van der Waals surface area contributed by atoms with E-state index in [9.17, 15) is 4.79 Å². The molecule has 0 aliphatic rings. The molecule has 0 bridgehead atoms. The number of nitrogens with one attached hydrogen (secondary N) is 1. The summed E-state index contributed by atoms with van der Waals surface area (Å²) in [7, 11) is 0. The molecule has 1 heterocycles. The Morgan fingerprint density at radius 3 is 3.08 bits per heavy atom. The lowest BCUT2D eigenvalue weighted by Crippen LogP contribution is -2.24. The normalized spacial score (nSPS) is 10.4. The lowest BCUT2D eigenvalue weighted by molar-refractivity contribution is 0.249. The minimum absolute atomic E-state index is 0.607. The van der Waals surface area contributed by atoms with Gasteiger partial charge >= 0.3 is 6.03 Å². The van der Waals surface area contributed by atoms with Crippen LogP contribution in [0.5, 0.6) is 0 Å². The van der Waals surface area contributed by atoms with Crippen molar-refractivity contribution in [3.8, 4) is 0 Å². The van der Waals surface area contributed by atoms with Crippen molar-refractivity contribution in [2.24, 2.45) is 10.8 Å². The third-order valence-corrected chi connectivity index (χ3v) is 2.29. The summed E-state index contributed by atoms with van der Waals surface area (Å²) in [5, 5.41) is 5.98. The van der Waals surface area contributed by atoms with Gasteiger partial charge in [0.25, 0.3) is 0 Å². The van der Waals surface area contributed by atoms with Gasteiger partial charge < -0.3 is 5.73 Å². The average molecular weight is 204 g/mol. The van der Waals surface area contributed by atoms with Gasteiger partial charge in [0, 0.05) is 0 Å². The third kappa shape index (κ3) is 2.52. The summed E-state index contributed by atoms with van der Waals surface area (Å²) in [5.41, 5.74) is 6.84. The summed E-state index contributed by atoms with van der Waals surface area (Å²) in [6.07, 6.45) is 1.44. The molecular weight excluding hydrogens is 198 g/mol. The molecule has 0 saturated carbocycles. The number of nitrogens with two attached hydrogens (primary N) is 1. The van der Waals surface area contributed by atoms with Gasteiger partial charge in [-0.05, 0) is 11.4 Å².